The molecule has 0 aromatic heterocycles. The highest BCUT2D eigenvalue weighted by Gasteiger charge is 2.30. The molecule has 58 heavy (non-hydrogen) atoms. The molecule has 0 heterocycles. The molecule has 0 aliphatic heterocycles. The molecule has 10 aromatic carbocycles. The Morgan fingerprint density at radius 3 is 1.07 bits per heavy atom. The Bertz CT molecular complexity index is 3520. The van der Waals surface area contributed by atoms with Gasteiger partial charge in [-0.1, -0.05) is 109 Å². The summed E-state index contributed by atoms with van der Waals surface area (Å²) < 4.78 is 0. The van der Waals surface area contributed by atoms with Crippen LogP contribution in [0.1, 0.15) is 22.3 Å². The summed E-state index contributed by atoms with van der Waals surface area (Å²) in [5.41, 5.74) is 14.4. The fourth-order valence-corrected chi connectivity index (χ4v) is 10.1. The lowest BCUT2D eigenvalue weighted by molar-refractivity contribution is 1.45. The summed E-state index contributed by atoms with van der Waals surface area (Å²) in [5.74, 6) is 0. The molecule has 4 nitrogen and oxygen atoms in total. The van der Waals surface area contributed by atoms with Gasteiger partial charge < -0.3 is 0 Å². The summed E-state index contributed by atoms with van der Waals surface area (Å²) in [6.45, 7) is 0. The van der Waals surface area contributed by atoms with Crippen molar-refractivity contribution in [2.45, 2.75) is 0 Å². The third-order valence-electron chi connectivity index (χ3n) is 12.4. The van der Waals surface area contributed by atoms with E-state index in [-0.39, 0.29) is 0 Å². The molecule has 0 saturated carbocycles. The van der Waals surface area contributed by atoms with Gasteiger partial charge in [0, 0.05) is 11.1 Å². The van der Waals surface area contributed by atoms with Crippen molar-refractivity contribution in [3.05, 3.63) is 168 Å². The number of fused-ring (bicyclic) bond motifs is 11. The third-order valence-corrected chi connectivity index (χ3v) is 12.4. The smallest absolute Gasteiger partial charge is 0.0998 e. The molecule has 0 atom stereocenters. The lowest BCUT2D eigenvalue weighted by Gasteiger charge is -2.20. The molecule has 2 aliphatic rings. The Balaban J connectivity index is 1.25. The Kier molecular flexibility index (Phi) is 6.30. The van der Waals surface area contributed by atoms with Gasteiger partial charge in [-0.15, -0.1) is 0 Å². The zero-order valence-corrected chi connectivity index (χ0v) is 30.6. The van der Waals surface area contributed by atoms with Crippen LogP contribution in [0.15, 0.2) is 146 Å². The number of nitriles is 4. The molecule has 0 unspecified atom stereocenters. The molecule has 4 heteroatoms. The first-order valence-electron chi connectivity index (χ1n) is 19.1. The lowest BCUT2D eigenvalue weighted by atomic mass is 9.82. The third kappa shape index (κ3) is 4.03. The van der Waals surface area contributed by atoms with Crippen LogP contribution in [0, 0.1) is 45.3 Å². The van der Waals surface area contributed by atoms with Crippen LogP contribution in [0.25, 0.3) is 121 Å². The highest BCUT2D eigenvalue weighted by Crippen LogP contribution is 2.57. The van der Waals surface area contributed by atoms with Crippen molar-refractivity contribution in [1.82, 2.24) is 0 Å². The first kappa shape index (κ1) is 31.8. The number of nitrogens with zero attached hydrogens (tertiary/aromatic N) is 4. The van der Waals surface area contributed by atoms with Gasteiger partial charge in [-0.3, -0.25) is 0 Å². The van der Waals surface area contributed by atoms with Gasteiger partial charge in [-0.25, -0.2) is 0 Å². The fraction of sp³-hybridized carbons (Fsp3) is 0. The Labute approximate surface area is 332 Å². The van der Waals surface area contributed by atoms with Crippen molar-refractivity contribution in [2.24, 2.45) is 0 Å². The van der Waals surface area contributed by atoms with Crippen molar-refractivity contribution < 1.29 is 0 Å². The summed E-state index contributed by atoms with van der Waals surface area (Å²) >= 11 is 0. The predicted octanol–water partition coefficient (Wildman–Crippen LogP) is 13.6. The van der Waals surface area contributed by atoms with E-state index < -0.39 is 0 Å². The second-order valence-corrected chi connectivity index (χ2v) is 15.2. The van der Waals surface area contributed by atoms with Gasteiger partial charge in [-0.05, 0) is 146 Å². The topological polar surface area (TPSA) is 95.2 Å². The second kappa shape index (κ2) is 11.5. The van der Waals surface area contributed by atoms with Crippen LogP contribution < -0.4 is 0 Å². The molecule has 0 radical (unpaired) electrons. The van der Waals surface area contributed by atoms with E-state index in [4.69, 9.17) is 0 Å². The molecule has 0 amide bonds. The van der Waals surface area contributed by atoms with Gasteiger partial charge in [0.05, 0.1) is 46.5 Å². The van der Waals surface area contributed by atoms with Gasteiger partial charge in [0.2, 0.25) is 0 Å². The average molecular weight is 729 g/mol. The van der Waals surface area contributed by atoms with E-state index in [2.05, 4.69) is 133 Å². The van der Waals surface area contributed by atoms with Crippen molar-refractivity contribution in [3.8, 4) is 91.0 Å². The molecule has 2 aliphatic carbocycles. The highest BCUT2D eigenvalue weighted by atomic mass is 14.3. The largest absolute Gasteiger partial charge is 0.192 e. The summed E-state index contributed by atoms with van der Waals surface area (Å²) in [5, 5.41) is 51.6. The molecule has 0 bridgehead atoms. The Morgan fingerprint density at radius 1 is 0.276 bits per heavy atom. The fourth-order valence-electron chi connectivity index (χ4n) is 10.1. The minimum absolute atomic E-state index is 0.447. The van der Waals surface area contributed by atoms with Crippen molar-refractivity contribution in [2.75, 3.05) is 0 Å². The number of benzene rings is 10. The standard InChI is InChI=1S/C54H24N4/c55-25-29-13-15-35(33(21-29)27-57)51-41-19-18-38-37(45(41)23-47-39-9-1-5-31-7-3-11-43(49(31)39)53(47)51)17-20-42-46(38)24-48-40-10-2-6-32-8-4-12-44(50(32)40)54(48)52(42)36-16-14-30(26-56)22-34(36)28-58/h1-24H. The maximum absolute atomic E-state index is 10.5. The number of hydrogen-bond acceptors (Lipinski definition) is 4. The first-order valence-corrected chi connectivity index (χ1v) is 19.1. The molecule has 0 fully saturated rings. The lowest BCUT2D eigenvalue weighted by Crippen LogP contribution is -1.95. The summed E-state index contributed by atoms with van der Waals surface area (Å²) in [4.78, 5) is 0. The van der Waals surface area contributed by atoms with Crippen LogP contribution in [0.3, 0.4) is 0 Å². The molecule has 0 N–H and O–H groups in total. The van der Waals surface area contributed by atoms with Crippen LogP contribution in [0.4, 0.5) is 0 Å². The quantitative estimate of drug-likeness (QED) is 0.166. The van der Waals surface area contributed by atoms with Crippen LogP contribution in [0.2, 0.25) is 0 Å². The van der Waals surface area contributed by atoms with Crippen molar-refractivity contribution in [1.29, 1.82) is 21.0 Å². The van der Waals surface area contributed by atoms with E-state index >= 15 is 0 Å². The molecular weight excluding hydrogens is 705 g/mol. The highest BCUT2D eigenvalue weighted by molar-refractivity contribution is 6.30. The van der Waals surface area contributed by atoms with E-state index in [1.807, 2.05) is 12.1 Å². The van der Waals surface area contributed by atoms with Gasteiger partial charge in [-0.2, -0.15) is 21.0 Å². The van der Waals surface area contributed by atoms with Crippen LogP contribution >= 0.6 is 0 Å². The van der Waals surface area contributed by atoms with E-state index in [1.54, 1.807) is 24.3 Å². The minimum atomic E-state index is 0.447. The van der Waals surface area contributed by atoms with Crippen molar-refractivity contribution in [3.63, 3.8) is 0 Å². The molecular formula is C54H24N4. The van der Waals surface area contributed by atoms with Gasteiger partial charge >= 0.3 is 0 Å². The van der Waals surface area contributed by atoms with Gasteiger partial charge in [0.1, 0.15) is 0 Å². The minimum Gasteiger partial charge on any atom is -0.192 e. The molecule has 0 spiro atoms. The SMILES string of the molecule is N#Cc1ccc(-c2c3c(cc4c2ccc2c5cc6c(c(-c7ccc(C#N)cc7C#N)c5ccc42)-c2cccc4cccc-6c24)-c2cccc4cccc-3c24)c(C#N)c1. The van der Waals surface area contributed by atoms with E-state index in [0.717, 1.165) is 110 Å². The Morgan fingerprint density at radius 2 is 0.672 bits per heavy atom. The van der Waals surface area contributed by atoms with Crippen LogP contribution in [-0.4, -0.2) is 0 Å². The number of rotatable bonds is 2. The summed E-state index contributed by atoms with van der Waals surface area (Å²) in [6.07, 6.45) is 0. The zero-order chi connectivity index (χ0) is 38.8. The maximum Gasteiger partial charge on any atom is 0.0998 e. The van der Waals surface area contributed by atoms with Gasteiger partial charge in [0.15, 0.2) is 0 Å². The summed E-state index contributed by atoms with van der Waals surface area (Å²) in [7, 11) is 0. The van der Waals surface area contributed by atoms with E-state index in [9.17, 15) is 21.0 Å². The molecule has 12 rings (SSSR count). The molecule has 0 saturated heterocycles. The van der Waals surface area contributed by atoms with Gasteiger partial charge in [0.25, 0.3) is 0 Å². The monoisotopic (exact) mass is 728 g/mol. The average Bonchev–Trinajstić information content (AvgIpc) is 3.78. The van der Waals surface area contributed by atoms with Crippen LogP contribution in [-0.2, 0) is 0 Å². The number of hydrogen-bond donors (Lipinski definition) is 0. The normalized spacial score (nSPS) is 11.7. The van der Waals surface area contributed by atoms with Crippen molar-refractivity contribution >= 4 is 53.9 Å². The van der Waals surface area contributed by atoms with E-state index in [0.29, 0.717) is 22.3 Å². The van der Waals surface area contributed by atoms with Crippen LogP contribution in [0.5, 0.6) is 0 Å². The summed E-state index contributed by atoms with van der Waals surface area (Å²) in [6, 6.07) is 59.3. The zero-order valence-electron chi connectivity index (χ0n) is 30.6. The first-order chi connectivity index (χ1) is 28.6. The Hall–Kier alpha value is -8.54. The molecule has 10 aromatic rings. The molecule has 260 valence electrons. The second-order valence-electron chi connectivity index (χ2n) is 15.2. The van der Waals surface area contributed by atoms with E-state index in [1.165, 1.54) is 10.8 Å². The maximum atomic E-state index is 10.5. The predicted molar refractivity (Wildman–Crippen MR) is 233 cm³/mol.